The number of hydrogen-bond acceptors (Lipinski definition) is 4. The molecule has 0 saturated carbocycles. The molecule has 1 heterocycles. The van der Waals surface area contributed by atoms with Crippen LogP contribution in [-0.2, 0) is 6.18 Å². The second kappa shape index (κ2) is 6.56. The van der Waals surface area contributed by atoms with E-state index in [1.165, 1.54) is 11.3 Å². The van der Waals surface area contributed by atoms with E-state index in [0.29, 0.717) is 22.1 Å². The number of nitrogens with zero attached hydrogens (tertiary/aromatic N) is 1. The number of rotatable bonds is 3. The van der Waals surface area contributed by atoms with Gasteiger partial charge in [-0.2, -0.15) is 13.2 Å². The zero-order chi connectivity index (χ0) is 18.0. The van der Waals surface area contributed by atoms with Gasteiger partial charge in [0.2, 0.25) is 0 Å². The molecule has 8 heteroatoms. The molecule has 3 rings (SSSR count). The molecule has 0 unspecified atom stereocenters. The largest absolute Gasteiger partial charge is 0.416 e. The van der Waals surface area contributed by atoms with Crippen molar-refractivity contribution in [3.8, 4) is 11.3 Å². The highest BCUT2D eigenvalue weighted by atomic mass is 32.1. The van der Waals surface area contributed by atoms with Crippen LogP contribution < -0.4 is 11.1 Å². The van der Waals surface area contributed by atoms with Gasteiger partial charge < -0.3 is 11.1 Å². The Bertz CT molecular complexity index is 904. The summed E-state index contributed by atoms with van der Waals surface area (Å²) in [4.78, 5) is 16.5. The number of anilines is 2. The van der Waals surface area contributed by atoms with Gasteiger partial charge in [-0.15, -0.1) is 11.3 Å². The third-order valence-corrected chi connectivity index (χ3v) is 4.12. The van der Waals surface area contributed by atoms with Crippen molar-refractivity contribution in [2.75, 3.05) is 11.1 Å². The number of aromatic nitrogens is 1. The summed E-state index contributed by atoms with van der Waals surface area (Å²) in [5, 5.41) is 4.86. The number of carbonyl (C=O) groups excluding carboxylic acids is 1. The van der Waals surface area contributed by atoms with Gasteiger partial charge in [0.05, 0.1) is 16.9 Å². The number of para-hydroxylation sites is 1. The number of halogens is 3. The summed E-state index contributed by atoms with van der Waals surface area (Å²) >= 11 is 1.27. The minimum atomic E-state index is -4.44. The Morgan fingerprint density at radius 2 is 1.76 bits per heavy atom. The van der Waals surface area contributed by atoms with E-state index in [1.54, 1.807) is 29.6 Å². The fraction of sp³-hybridized carbons (Fsp3) is 0.0588. The van der Waals surface area contributed by atoms with E-state index in [4.69, 9.17) is 5.73 Å². The Morgan fingerprint density at radius 3 is 2.36 bits per heavy atom. The summed E-state index contributed by atoms with van der Waals surface area (Å²) in [6, 6.07) is 11.0. The quantitative estimate of drug-likeness (QED) is 0.711. The first-order chi connectivity index (χ1) is 11.8. The normalized spacial score (nSPS) is 11.3. The van der Waals surface area contributed by atoms with Crippen molar-refractivity contribution in [3.63, 3.8) is 0 Å². The molecular formula is C17H12F3N3OS. The maximum atomic E-state index is 12.6. The highest BCUT2D eigenvalue weighted by Gasteiger charge is 2.30. The molecule has 128 valence electrons. The van der Waals surface area contributed by atoms with Crippen molar-refractivity contribution < 1.29 is 18.0 Å². The van der Waals surface area contributed by atoms with Crippen LogP contribution in [0.1, 0.15) is 15.9 Å². The van der Waals surface area contributed by atoms with Gasteiger partial charge in [0.25, 0.3) is 5.91 Å². The van der Waals surface area contributed by atoms with E-state index >= 15 is 0 Å². The maximum absolute atomic E-state index is 12.6. The SMILES string of the molecule is Nc1nc(-c2ccccc2NC(=O)c2ccc(C(F)(F)F)cc2)cs1. The number of nitrogens with one attached hydrogen (secondary N) is 1. The summed E-state index contributed by atoms with van der Waals surface area (Å²) in [6.07, 6.45) is -4.44. The molecule has 3 aromatic rings. The van der Waals surface area contributed by atoms with Crippen molar-refractivity contribution in [1.82, 2.24) is 4.98 Å². The molecule has 0 bridgehead atoms. The third kappa shape index (κ3) is 3.80. The lowest BCUT2D eigenvalue weighted by Crippen LogP contribution is -2.13. The summed E-state index contributed by atoms with van der Waals surface area (Å²) in [7, 11) is 0. The van der Waals surface area contributed by atoms with Gasteiger partial charge in [-0.1, -0.05) is 18.2 Å². The lowest BCUT2D eigenvalue weighted by atomic mass is 10.1. The zero-order valence-electron chi connectivity index (χ0n) is 12.7. The molecule has 1 amide bonds. The molecule has 0 aliphatic carbocycles. The van der Waals surface area contributed by atoms with E-state index in [2.05, 4.69) is 10.3 Å². The van der Waals surface area contributed by atoms with Crippen LogP contribution in [0.2, 0.25) is 0 Å². The first kappa shape index (κ1) is 17.0. The molecule has 1 aromatic heterocycles. The Morgan fingerprint density at radius 1 is 1.08 bits per heavy atom. The lowest BCUT2D eigenvalue weighted by molar-refractivity contribution is -0.137. The molecule has 0 atom stereocenters. The minimum absolute atomic E-state index is 0.126. The van der Waals surface area contributed by atoms with Crippen molar-refractivity contribution in [2.45, 2.75) is 6.18 Å². The number of nitrogens with two attached hydrogens (primary N) is 1. The minimum Gasteiger partial charge on any atom is -0.375 e. The first-order valence-electron chi connectivity index (χ1n) is 7.13. The van der Waals surface area contributed by atoms with Gasteiger partial charge >= 0.3 is 6.18 Å². The van der Waals surface area contributed by atoms with Gasteiger partial charge in [0, 0.05) is 16.5 Å². The van der Waals surface area contributed by atoms with E-state index in [0.717, 1.165) is 24.3 Å². The van der Waals surface area contributed by atoms with Gasteiger partial charge in [0.15, 0.2) is 5.13 Å². The van der Waals surface area contributed by atoms with Crippen molar-refractivity contribution in [1.29, 1.82) is 0 Å². The number of thiazole rings is 1. The summed E-state index contributed by atoms with van der Waals surface area (Å²) in [6.45, 7) is 0. The van der Waals surface area contributed by atoms with Crippen molar-refractivity contribution in [3.05, 3.63) is 65.0 Å². The molecule has 25 heavy (non-hydrogen) atoms. The zero-order valence-corrected chi connectivity index (χ0v) is 13.5. The predicted molar refractivity (Wildman–Crippen MR) is 91.4 cm³/mol. The average Bonchev–Trinajstić information content (AvgIpc) is 3.01. The molecule has 4 nitrogen and oxygen atoms in total. The molecule has 0 saturated heterocycles. The predicted octanol–water partition coefficient (Wildman–Crippen LogP) is 4.66. The molecule has 0 aliphatic rings. The number of carbonyl (C=O) groups is 1. The standard InChI is InChI=1S/C17H12F3N3OS/c18-17(19,20)11-7-5-10(6-8-11)15(24)22-13-4-2-1-3-12(13)14-9-25-16(21)23-14/h1-9H,(H2,21,23)(H,22,24). The summed E-state index contributed by atoms with van der Waals surface area (Å²) in [5.41, 5.74) is 6.75. The van der Waals surface area contributed by atoms with E-state index in [1.807, 2.05) is 0 Å². The van der Waals surface area contributed by atoms with Crippen LogP contribution in [0.25, 0.3) is 11.3 Å². The van der Waals surface area contributed by atoms with Crippen molar-refractivity contribution in [2.24, 2.45) is 0 Å². The molecular weight excluding hydrogens is 351 g/mol. The van der Waals surface area contributed by atoms with E-state index in [-0.39, 0.29) is 5.56 Å². The molecule has 3 N–H and O–H groups in total. The van der Waals surface area contributed by atoms with Gasteiger partial charge in [-0.3, -0.25) is 4.79 Å². The van der Waals surface area contributed by atoms with Crippen LogP contribution in [0.3, 0.4) is 0 Å². The Hall–Kier alpha value is -2.87. The Balaban J connectivity index is 1.84. The van der Waals surface area contributed by atoms with Gasteiger partial charge in [-0.25, -0.2) is 4.98 Å². The van der Waals surface area contributed by atoms with E-state index in [9.17, 15) is 18.0 Å². The van der Waals surface area contributed by atoms with Crippen LogP contribution in [0.15, 0.2) is 53.9 Å². The van der Waals surface area contributed by atoms with Crippen LogP contribution in [0.4, 0.5) is 24.0 Å². The summed E-state index contributed by atoms with van der Waals surface area (Å²) in [5.74, 6) is -0.510. The molecule has 0 radical (unpaired) electrons. The van der Waals surface area contributed by atoms with Crippen LogP contribution in [0.5, 0.6) is 0 Å². The van der Waals surface area contributed by atoms with Crippen LogP contribution in [0, 0.1) is 0 Å². The second-order valence-corrected chi connectivity index (χ2v) is 6.04. The fourth-order valence-corrected chi connectivity index (χ4v) is 2.79. The topological polar surface area (TPSA) is 68.0 Å². The summed E-state index contributed by atoms with van der Waals surface area (Å²) < 4.78 is 37.8. The molecule has 0 fully saturated rings. The fourth-order valence-electron chi connectivity index (χ4n) is 2.23. The first-order valence-corrected chi connectivity index (χ1v) is 8.01. The maximum Gasteiger partial charge on any atom is 0.416 e. The number of benzene rings is 2. The highest BCUT2D eigenvalue weighted by molar-refractivity contribution is 7.13. The highest BCUT2D eigenvalue weighted by Crippen LogP contribution is 2.31. The van der Waals surface area contributed by atoms with Crippen LogP contribution in [-0.4, -0.2) is 10.9 Å². The second-order valence-electron chi connectivity index (χ2n) is 5.15. The molecule has 0 aliphatic heterocycles. The number of hydrogen-bond donors (Lipinski definition) is 2. The van der Waals surface area contributed by atoms with Gasteiger partial charge in [-0.05, 0) is 30.3 Å². The van der Waals surface area contributed by atoms with E-state index < -0.39 is 17.6 Å². The monoisotopic (exact) mass is 363 g/mol. The lowest BCUT2D eigenvalue weighted by Gasteiger charge is -2.11. The average molecular weight is 363 g/mol. The Kier molecular flexibility index (Phi) is 4.45. The van der Waals surface area contributed by atoms with Crippen molar-refractivity contribution >= 4 is 28.1 Å². The number of alkyl halides is 3. The Labute approximate surface area is 145 Å². The van der Waals surface area contributed by atoms with Crippen LogP contribution >= 0.6 is 11.3 Å². The molecule has 0 spiro atoms. The third-order valence-electron chi connectivity index (χ3n) is 3.45. The smallest absolute Gasteiger partial charge is 0.375 e. The number of amides is 1. The number of nitrogen functional groups attached to an aromatic ring is 1. The molecule has 2 aromatic carbocycles. The van der Waals surface area contributed by atoms with Gasteiger partial charge in [0.1, 0.15) is 0 Å².